The van der Waals surface area contributed by atoms with Crippen LogP contribution in [-0.4, -0.2) is 40.7 Å². The lowest BCUT2D eigenvalue weighted by Crippen LogP contribution is -2.56. The van der Waals surface area contributed by atoms with E-state index in [2.05, 4.69) is 6.92 Å². The number of allylic oxidation sites excluding steroid dienone is 2. The number of imide groups is 2. The van der Waals surface area contributed by atoms with Gasteiger partial charge in [0.1, 0.15) is 5.57 Å². The van der Waals surface area contributed by atoms with E-state index in [9.17, 15) is 14.4 Å². The standard InChI is InChI=1S/C25H34N2O3/c1-3-5-7-8-9-13-20-27-24(29)22(18-14-17-21-15-11-10-12-16-21)23(28)26(25(27)30)19-6-4-2/h10-12,14-18H,3-9,13,19-20H2,1-2H3/b17-14+,22-18+. The third-order valence-corrected chi connectivity index (χ3v) is 5.23. The maximum Gasteiger partial charge on any atom is 0.333 e. The lowest BCUT2D eigenvalue weighted by atomic mass is 10.1. The van der Waals surface area contributed by atoms with E-state index < -0.39 is 17.8 Å². The van der Waals surface area contributed by atoms with Crippen molar-refractivity contribution in [1.29, 1.82) is 0 Å². The molecule has 0 aliphatic carbocycles. The van der Waals surface area contributed by atoms with Crippen LogP contribution in [0.25, 0.3) is 6.08 Å². The molecule has 0 radical (unpaired) electrons. The quantitative estimate of drug-likeness (QED) is 0.257. The van der Waals surface area contributed by atoms with E-state index in [0.29, 0.717) is 13.1 Å². The Hall–Kier alpha value is -2.69. The van der Waals surface area contributed by atoms with Gasteiger partial charge in [-0.15, -0.1) is 0 Å². The molecule has 0 unspecified atom stereocenters. The molecule has 0 bridgehead atoms. The Morgan fingerprint density at radius 2 is 1.30 bits per heavy atom. The number of urea groups is 1. The molecule has 1 aliphatic rings. The molecular formula is C25H34N2O3. The molecule has 2 rings (SSSR count). The van der Waals surface area contributed by atoms with E-state index in [1.165, 1.54) is 35.1 Å². The number of rotatable bonds is 12. The minimum Gasteiger partial charge on any atom is -0.268 e. The molecule has 4 amide bonds. The van der Waals surface area contributed by atoms with Gasteiger partial charge in [0.2, 0.25) is 0 Å². The van der Waals surface area contributed by atoms with Gasteiger partial charge in [-0.1, -0.05) is 94.9 Å². The van der Waals surface area contributed by atoms with Crippen LogP contribution in [0.3, 0.4) is 0 Å². The van der Waals surface area contributed by atoms with Crippen LogP contribution in [0, 0.1) is 0 Å². The van der Waals surface area contributed by atoms with E-state index in [0.717, 1.165) is 37.7 Å². The molecule has 1 saturated heterocycles. The average molecular weight is 411 g/mol. The SMILES string of the molecule is CCCCCCCCN1C(=O)/C(=C/C=C/c2ccccc2)C(=O)N(CCCC)C1=O. The summed E-state index contributed by atoms with van der Waals surface area (Å²) in [6.07, 6.45) is 13.1. The second kappa shape index (κ2) is 12.8. The van der Waals surface area contributed by atoms with E-state index in [4.69, 9.17) is 0 Å². The molecule has 1 fully saturated rings. The predicted octanol–water partition coefficient (Wildman–Crippen LogP) is 5.58. The molecule has 5 nitrogen and oxygen atoms in total. The molecule has 0 spiro atoms. The van der Waals surface area contributed by atoms with Crippen LogP contribution in [0.15, 0.2) is 48.1 Å². The number of carbonyl (C=O) groups is 3. The Bertz CT molecular complexity index is 768. The van der Waals surface area contributed by atoms with Crippen LogP contribution in [0.5, 0.6) is 0 Å². The van der Waals surface area contributed by atoms with Gasteiger partial charge >= 0.3 is 6.03 Å². The zero-order chi connectivity index (χ0) is 21.8. The van der Waals surface area contributed by atoms with Gasteiger partial charge in [-0.05, 0) is 24.5 Å². The summed E-state index contributed by atoms with van der Waals surface area (Å²) in [5.41, 5.74) is 1.04. The number of benzene rings is 1. The first-order valence-electron chi connectivity index (χ1n) is 11.2. The van der Waals surface area contributed by atoms with Crippen molar-refractivity contribution in [3.05, 3.63) is 53.6 Å². The summed E-state index contributed by atoms with van der Waals surface area (Å²) in [6, 6.07) is 9.20. The fourth-order valence-corrected chi connectivity index (χ4v) is 3.42. The molecule has 1 heterocycles. The van der Waals surface area contributed by atoms with Crippen LogP contribution >= 0.6 is 0 Å². The van der Waals surface area contributed by atoms with Crippen molar-refractivity contribution in [1.82, 2.24) is 9.80 Å². The Kier molecular flexibility index (Phi) is 10.1. The molecule has 162 valence electrons. The van der Waals surface area contributed by atoms with E-state index in [1.807, 2.05) is 43.3 Å². The zero-order valence-electron chi connectivity index (χ0n) is 18.3. The van der Waals surface area contributed by atoms with Gasteiger partial charge in [0.25, 0.3) is 11.8 Å². The second-order valence-electron chi connectivity index (χ2n) is 7.67. The molecule has 1 aliphatic heterocycles. The van der Waals surface area contributed by atoms with Gasteiger partial charge in [-0.2, -0.15) is 0 Å². The van der Waals surface area contributed by atoms with E-state index in [-0.39, 0.29) is 5.57 Å². The fourth-order valence-electron chi connectivity index (χ4n) is 3.42. The topological polar surface area (TPSA) is 57.7 Å². The third-order valence-electron chi connectivity index (χ3n) is 5.23. The lowest BCUT2D eigenvalue weighted by molar-refractivity contribution is -0.136. The molecule has 5 heteroatoms. The van der Waals surface area contributed by atoms with Crippen LogP contribution in [0.2, 0.25) is 0 Å². The average Bonchev–Trinajstić information content (AvgIpc) is 2.75. The van der Waals surface area contributed by atoms with Crippen molar-refractivity contribution in [2.75, 3.05) is 13.1 Å². The van der Waals surface area contributed by atoms with Gasteiger partial charge in [-0.3, -0.25) is 19.4 Å². The smallest absolute Gasteiger partial charge is 0.268 e. The number of amides is 4. The van der Waals surface area contributed by atoms with Gasteiger partial charge in [0.05, 0.1) is 0 Å². The van der Waals surface area contributed by atoms with Crippen molar-refractivity contribution in [2.24, 2.45) is 0 Å². The summed E-state index contributed by atoms with van der Waals surface area (Å²) in [4.78, 5) is 41.1. The number of hydrogen-bond donors (Lipinski definition) is 0. The molecular weight excluding hydrogens is 376 g/mol. The molecule has 1 aromatic rings. The van der Waals surface area contributed by atoms with Crippen molar-refractivity contribution in [3.8, 4) is 0 Å². The van der Waals surface area contributed by atoms with Crippen LogP contribution in [-0.2, 0) is 9.59 Å². The first-order valence-corrected chi connectivity index (χ1v) is 11.2. The normalized spacial score (nSPS) is 16.3. The highest BCUT2D eigenvalue weighted by atomic mass is 16.2. The molecule has 1 aromatic carbocycles. The predicted molar refractivity (Wildman–Crippen MR) is 121 cm³/mol. The van der Waals surface area contributed by atoms with Crippen molar-refractivity contribution in [3.63, 3.8) is 0 Å². The fraction of sp³-hybridized carbons (Fsp3) is 0.480. The minimum absolute atomic E-state index is 0.0591. The molecule has 0 atom stereocenters. The third kappa shape index (κ3) is 6.68. The molecule has 0 saturated carbocycles. The monoisotopic (exact) mass is 410 g/mol. The van der Waals surface area contributed by atoms with Crippen molar-refractivity contribution < 1.29 is 14.4 Å². The Morgan fingerprint density at radius 1 is 0.733 bits per heavy atom. The number of nitrogens with zero attached hydrogens (tertiary/aromatic N) is 2. The molecule has 30 heavy (non-hydrogen) atoms. The lowest BCUT2D eigenvalue weighted by Gasteiger charge is -2.34. The molecule has 0 N–H and O–H groups in total. The van der Waals surface area contributed by atoms with Crippen LogP contribution in [0.4, 0.5) is 4.79 Å². The largest absolute Gasteiger partial charge is 0.333 e. The van der Waals surface area contributed by atoms with Gasteiger partial charge in [0, 0.05) is 13.1 Å². The highest BCUT2D eigenvalue weighted by Crippen LogP contribution is 2.20. The number of barbiturate groups is 1. The summed E-state index contributed by atoms with van der Waals surface area (Å²) in [7, 11) is 0. The Morgan fingerprint density at radius 3 is 1.93 bits per heavy atom. The van der Waals surface area contributed by atoms with E-state index >= 15 is 0 Å². The summed E-state index contributed by atoms with van der Waals surface area (Å²) in [6.45, 7) is 4.89. The van der Waals surface area contributed by atoms with Gasteiger partial charge < -0.3 is 0 Å². The first kappa shape index (κ1) is 23.6. The first-order chi connectivity index (χ1) is 14.6. The van der Waals surface area contributed by atoms with Crippen molar-refractivity contribution >= 4 is 23.9 Å². The highest BCUT2D eigenvalue weighted by Gasteiger charge is 2.40. The maximum absolute atomic E-state index is 12.9. The minimum atomic E-state index is -0.490. The van der Waals surface area contributed by atoms with Crippen LogP contribution < -0.4 is 0 Å². The summed E-state index contributed by atoms with van der Waals surface area (Å²) in [5, 5.41) is 0. The van der Waals surface area contributed by atoms with Crippen molar-refractivity contribution in [2.45, 2.75) is 65.2 Å². The number of carbonyl (C=O) groups excluding carboxylic acids is 3. The zero-order valence-corrected chi connectivity index (χ0v) is 18.3. The summed E-state index contributed by atoms with van der Waals surface area (Å²) in [5.74, 6) is -0.973. The highest BCUT2D eigenvalue weighted by molar-refractivity contribution is 6.28. The Labute approximate surface area is 180 Å². The van der Waals surface area contributed by atoms with Gasteiger partial charge in [-0.25, -0.2) is 4.79 Å². The maximum atomic E-state index is 12.9. The number of hydrogen-bond acceptors (Lipinski definition) is 3. The Balaban J connectivity index is 2.13. The van der Waals surface area contributed by atoms with Crippen LogP contribution in [0.1, 0.15) is 70.8 Å². The van der Waals surface area contributed by atoms with Gasteiger partial charge in [0.15, 0.2) is 0 Å². The number of unbranched alkanes of at least 4 members (excludes halogenated alkanes) is 6. The second-order valence-corrected chi connectivity index (χ2v) is 7.67. The molecule has 0 aromatic heterocycles. The summed E-state index contributed by atoms with van der Waals surface area (Å²) >= 11 is 0. The van der Waals surface area contributed by atoms with E-state index in [1.54, 1.807) is 6.08 Å². The summed E-state index contributed by atoms with van der Waals surface area (Å²) < 4.78 is 0.